The number of alkyl halides is 4. The van der Waals surface area contributed by atoms with Crippen LogP contribution in [0.3, 0.4) is 0 Å². The van der Waals surface area contributed by atoms with E-state index < -0.39 is 18.5 Å². The van der Waals surface area contributed by atoms with Crippen molar-refractivity contribution in [1.29, 1.82) is 0 Å². The number of nitrogens with zero attached hydrogens (tertiary/aromatic N) is 1. The third-order valence-corrected chi connectivity index (χ3v) is 2.14. The Balaban J connectivity index is 3.13. The van der Waals surface area contributed by atoms with E-state index in [0.29, 0.717) is 0 Å². The summed E-state index contributed by atoms with van der Waals surface area (Å²) in [5.41, 5.74) is -0.817. The van der Waals surface area contributed by atoms with Crippen molar-refractivity contribution in [2.75, 3.05) is 0 Å². The maximum Gasteiger partial charge on any atom is 0.434 e. The number of hydrogen-bond donors (Lipinski definition) is 0. The number of rotatable bonds is 1. The monoisotopic (exact) mass is 305 g/mol. The van der Waals surface area contributed by atoms with Crippen LogP contribution in [0.2, 0.25) is 0 Å². The van der Waals surface area contributed by atoms with E-state index in [-0.39, 0.29) is 9.13 Å². The summed E-state index contributed by atoms with van der Waals surface area (Å²) in [5, 5.41) is 0. The third-order valence-electron chi connectivity index (χ3n) is 1.32. The SMILES string of the molecule is FCc1cnc(C(F)(F)F)c(I)c1. The first-order chi connectivity index (χ1) is 5.95. The second kappa shape index (κ2) is 3.77. The first kappa shape index (κ1) is 10.7. The summed E-state index contributed by atoms with van der Waals surface area (Å²) in [7, 11) is 0. The van der Waals surface area contributed by atoms with Crippen LogP contribution in [0.1, 0.15) is 11.3 Å². The fraction of sp³-hybridized carbons (Fsp3) is 0.286. The van der Waals surface area contributed by atoms with E-state index in [1.165, 1.54) is 22.6 Å². The highest BCUT2D eigenvalue weighted by Gasteiger charge is 2.34. The summed E-state index contributed by atoms with van der Waals surface area (Å²) in [4.78, 5) is 3.15. The Labute approximate surface area is 85.3 Å². The van der Waals surface area contributed by atoms with Crippen molar-refractivity contribution in [3.63, 3.8) is 0 Å². The lowest BCUT2D eigenvalue weighted by molar-refractivity contribution is -0.141. The number of hydrogen-bond acceptors (Lipinski definition) is 1. The third kappa shape index (κ3) is 2.52. The van der Waals surface area contributed by atoms with Gasteiger partial charge in [0.1, 0.15) is 6.67 Å². The van der Waals surface area contributed by atoms with Gasteiger partial charge < -0.3 is 0 Å². The van der Waals surface area contributed by atoms with Crippen molar-refractivity contribution in [1.82, 2.24) is 4.98 Å². The Bertz CT molecular complexity index is 310. The van der Waals surface area contributed by atoms with Crippen LogP contribution < -0.4 is 0 Å². The van der Waals surface area contributed by atoms with Crippen molar-refractivity contribution in [3.8, 4) is 0 Å². The van der Waals surface area contributed by atoms with E-state index >= 15 is 0 Å². The zero-order chi connectivity index (χ0) is 10.1. The molecule has 0 unspecified atom stereocenters. The van der Waals surface area contributed by atoms with E-state index in [1.54, 1.807) is 0 Å². The molecule has 6 heteroatoms. The normalized spacial score (nSPS) is 11.8. The van der Waals surface area contributed by atoms with Gasteiger partial charge in [0, 0.05) is 15.3 Å². The molecular formula is C7H4F4IN. The van der Waals surface area contributed by atoms with E-state index in [0.717, 1.165) is 12.3 Å². The van der Waals surface area contributed by atoms with Gasteiger partial charge in [-0.05, 0) is 28.7 Å². The smallest absolute Gasteiger partial charge is 0.250 e. The molecule has 1 aromatic rings. The summed E-state index contributed by atoms with van der Waals surface area (Å²) in [6.45, 7) is -0.804. The van der Waals surface area contributed by atoms with Crippen LogP contribution >= 0.6 is 22.6 Å². The molecule has 0 fully saturated rings. The van der Waals surface area contributed by atoms with Gasteiger partial charge in [0.05, 0.1) is 0 Å². The highest BCUT2D eigenvalue weighted by atomic mass is 127. The van der Waals surface area contributed by atoms with Gasteiger partial charge in [-0.2, -0.15) is 13.2 Å². The van der Waals surface area contributed by atoms with Crippen LogP contribution in [0.25, 0.3) is 0 Å². The van der Waals surface area contributed by atoms with Gasteiger partial charge in [0.15, 0.2) is 5.69 Å². The molecule has 1 heterocycles. The molecule has 0 aliphatic heterocycles. The van der Waals surface area contributed by atoms with E-state index in [9.17, 15) is 17.6 Å². The molecule has 0 atom stereocenters. The molecular weight excluding hydrogens is 301 g/mol. The van der Waals surface area contributed by atoms with Crippen molar-refractivity contribution < 1.29 is 17.6 Å². The van der Waals surface area contributed by atoms with Crippen LogP contribution in [-0.2, 0) is 12.9 Å². The average molecular weight is 305 g/mol. The molecule has 13 heavy (non-hydrogen) atoms. The van der Waals surface area contributed by atoms with Gasteiger partial charge in [0.2, 0.25) is 0 Å². The molecule has 0 spiro atoms. The van der Waals surface area contributed by atoms with Crippen LogP contribution in [-0.4, -0.2) is 4.98 Å². The Hall–Kier alpha value is -0.400. The fourth-order valence-corrected chi connectivity index (χ4v) is 1.60. The molecule has 0 saturated heterocycles. The largest absolute Gasteiger partial charge is 0.434 e. The lowest BCUT2D eigenvalue weighted by atomic mass is 10.2. The van der Waals surface area contributed by atoms with Crippen LogP contribution in [0, 0.1) is 3.57 Å². The Morgan fingerprint density at radius 1 is 1.38 bits per heavy atom. The molecule has 0 saturated carbocycles. The summed E-state index contributed by atoms with van der Waals surface area (Å²) >= 11 is 1.49. The molecule has 72 valence electrons. The Morgan fingerprint density at radius 2 is 2.00 bits per heavy atom. The van der Waals surface area contributed by atoms with Gasteiger partial charge in [-0.3, -0.25) is 4.98 Å². The molecule has 0 amide bonds. The topological polar surface area (TPSA) is 12.9 Å². The van der Waals surface area contributed by atoms with Crippen LogP contribution in [0.15, 0.2) is 12.3 Å². The first-order valence-electron chi connectivity index (χ1n) is 3.22. The summed E-state index contributed by atoms with van der Waals surface area (Å²) in [6.07, 6.45) is -3.57. The Morgan fingerprint density at radius 3 is 2.38 bits per heavy atom. The summed E-state index contributed by atoms with van der Waals surface area (Å²) in [6, 6.07) is 1.14. The quantitative estimate of drug-likeness (QED) is 0.574. The summed E-state index contributed by atoms with van der Waals surface area (Å²) in [5.74, 6) is 0. The van der Waals surface area contributed by atoms with Crippen molar-refractivity contribution in [2.24, 2.45) is 0 Å². The number of pyridine rings is 1. The molecule has 0 bridgehead atoms. The lowest BCUT2D eigenvalue weighted by Crippen LogP contribution is -2.10. The molecule has 0 aromatic carbocycles. The van der Waals surface area contributed by atoms with Gasteiger partial charge >= 0.3 is 6.18 Å². The van der Waals surface area contributed by atoms with Gasteiger partial charge in [-0.1, -0.05) is 0 Å². The lowest BCUT2D eigenvalue weighted by Gasteiger charge is -2.07. The van der Waals surface area contributed by atoms with Gasteiger partial charge in [-0.15, -0.1) is 0 Å². The van der Waals surface area contributed by atoms with E-state index in [4.69, 9.17) is 0 Å². The Kier molecular flexibility index (Phi) is 3.09. The summed E-state index contributed by atoms with van der Waals surface area (Å²) < 4.78 is 48.3. The maximum atomic E-state index is 12.1. The zero-order valence-corrected chi connectivity index (χ0v) is 8.36. The minimum atomic E-state index is -4.47. The second-order valence-electron chi connectivity index (χ2n) is 2.31. The van der Waals surface area contributed by atoms with Crippen molar-refractivity contribution in [2.45, 2.75) is 12.9 Å². The minimum absolute atomic E-state index is 0.0831. The predicted molar refractivity (Wildman–Crippen MR) is 46.8 cm³/mol. The molecule has 0 aliphatic carbocycles. The van der Waals surface area contributed by atoms with Crippen molar-refractivity contribution >= 4 is 22.6 Å². The highest BCUT2D eigenvalue weighted by Crippen LogP contribution is 2.31. The van der Waals surface area contributed by atoms with Crippen LogP contribution in [0.4, 0.5) is 17.6 Å². The maximum absolute atomic E-state index is 12.1. The molecule has 1 nitrogen and oxygen atoms in total. The molecule has 1 rings (SSSR count). The number of halogens is 5. The standard InChI is InChI=1S/C7H4F4IN/c8-2-4-1-5(12)6(13-3-4)7(9,10)11/h1,3H,2H2. The average Bonchev–Trinajstić information content (AvgIpc) is 2.01. The van der Waals surface area contributed by atoms with E-state index in [1.807, 2.05) is 0 Å². The van der Waals surface area contributed by atoms with Crippen molar-refractivity contribution in [3.05, 3.63) is 27.1 Å². The minimum Gasteiger partial charge on any atom is -0.250 e. The first-order valence-corrected chi connectivity index (χ1v) is 4.30. The van der Waals surface area contributed by atoms with Gasteiger partial charge in [0.25, 0.3) is 0 Å². The second-order valence-corrected chi connectivity index (χ2v) is 3.47. The fourth-order valence-electron chi connectivity index (χ4n) is 0.759. The van der Waals surface area contributed by atoms with Gasteiger partial charge in [-0.25, -0.2) is 4.39 Å². The van der Waals surface area contributed by atoms with Crippen LogP contribution in [0.5, 0.6) is 0 Å². The highest BCUT2D eigenvalue weighted by molar-refractivity contribution is 14.1. The molecule has 0 radical (unpaired) electrons. The predicted octanol–water partition coefficient (Wildman–Crippen LogP) is 3.17. The molecule has 0 N–H and O–H groups in total. The number of aromatic nitrogens is 1. The molecule has 1 aromatic heterocycles. The van der Waals surface area contributed by atoms with E-state index in [2.05, 4.69) is 4.98 Å². The molecule has 0 aliphatic rings. The zero-order valence-electron chi connectivity index (χ0n) is 6.20.